The van der Waals surface area contributed by atoms with E-state index in [2.05, 4.69) is 10.6 Å². The number of benzene rings is 1. The molecule has 2 rings (SSSR count). The number of hydrogen-bond acceptors (Lipinski definition) is 10. The number of nitrogens with one attached hydrogen (secondary N) is 2. The number of unbranched alkanes of at least 4 members (excludes halogenated alkanes) is 1. The second-order valence-electron chi connectivity index (χ2n) is 10.5. The van der Waals surface area contributed by atoms with Crippen LogP contribution in [0, 0.1) is 0 Å². The molecule has 12 heteroatoms. The number of ketones is 1. The molecule has 1 amide bonds. The van der Waals surface area contributed by atoms with Gasteiger partial charge in [0.2, 0.25) is 0 Å². The number of amides is 1. The van der Waals surface area contributed by atoms with E-state index in [-0.39, 0.29) is 31.8 Å². The monoisotopic (exact) mass is 565 g/mol. The fraction of sp³-hybridized carbons (Fsp3) is 0.607. The van der Waals surface area contributed by atoms with E-state index in [4.69, 9.17) is 19.4 Å². The summed E-state index contributed by atoms with van der Waals surface area (Å²) < 4.78 is 10.2. The molecule has 0 spiro atoms. The summed E-state index contributed by atoms with van der Waals surface area (Å²) >= 11 is 0. The fourth-order valence-corrected chi connectivity index (χ4v) is 4.11. The molecule has 1 aromatic rings. The minimum atomic E-state index is -1.89. The molecule has 4 N–H and O–H groups in total. The number of piperazine rings is 1. The van der Waals surface area contributed by atoms with Gasteiger partial charge in [0.05, 0.1) is 19.6 Å². The molecule has 0 radical (unpaired) electrons. The molecule has 0 saturated carbocycles. The quantitative estimate of drug-likeness (QED) is 0.164. The van der Waals surface area contributed by atoms with Gasteiger partial charge in [0, 0.05) is 20.0 Å². The second-order valence-corrected chi connectivity index (χ2v) is 10.5. The number of nitrogens with zero attached hydrogens (tertiary/aromatic N) is 1. The van der Waals surface area contributed by atoms with Gasteiger partial charge in [-0.3, -0.25) is 29.3 Å². The van der Waals surface area contributed by atoms with Crippen LogP contribution in [0.5, 0.6) is 5.75 Å². The fourth-order valence-electron chi connectivity index (χ4n) is 4.11. The normalized spacial score (nSPS) is 17.8. The number of rotatable bonds is 12. The first kappa shape index (κ1) is 34.5. The number of ether oxygens (including phenoxy) is 2. The Balaban J connectivity index is 0.00000187. The van der Waals surface area contributed by atoms with E-state index in [0.717, 1.165) is 25.3 Å². The van der Waals surface area contributed by atoms with Gasteiger partial charge in [-0.15, -0.1) is 0 Å². The first-order valence-electron chi connectivity index (χ1n) is 13.2. The van der Waals surface area contributed by atoms with Gasteiger partial charge in [-0.2, -0.15) is 0 Å². The van der Waals surface area contributed by atoms with E-state index in [9.17, 15) is 24.3 Å². The molecule has 0 bridgehead atoms. The Labute approximate surface area is 235 Å². The number of carbonyl (C=O) groups is 5. The SMILES string of the molecule is CC(=O)O.CCCCN[C@@H](Cc1ccc(O)cc1)C(=O)C1(CC(=O)OC)NCCN(CC(=O)OC(C)(C)C)C1=O. The number of carboxylic acids is 1. The largest absolute Gasteiger partial charge is 0.508 e. The van der Waals surface area contributed by atoms with Crippen LogP contribution in [0.4, 0.5) is 0 Å². The maximum Gasteiger partial charge on any atom is 0.326 e. The Kier molecular flexibility index (Phi) is 13.7. The molecule has 1 aliphatic rings. The Bertz CT molecular complexity index is 1020. The average molecular weight is 566 g/mol. The highest BCUT2D eigenvalue weighted by Gasteiger charge is 2.53. The van der Waals surface area contributed by atoms with Crippen LogP contribution in [0.1, 0.15) is 59.4 Å². The predicted molar refractivity (Wildman–Crippen MR) is 147 cm³/mol. The summed E-state index contributed by atoms with van der Waals surface area (Å²) in [6, 6.07) is 5.66. The number of Topliss-reactive ketones (excluding diaryl/α,β-unsaturated/α-hetero) is 1. The second kappa shape index (κ2) is 15.9. The third-order valence-electron chi connectivity index (χ3n) is 5.87. The summed E-state index contributed by atoms with van der Waals surface area (Å²) in [5.74, 6) is -3.22. The van der Waals surface area contributed by atoms with Crippen LogP contribution in [0.15, 0.2) is 24.3 Å². The number of carbonyl (C=O) groups excluding carboxylic acids is 4. The molecule has 12 nitrogen and oxygen atoms in total. The molecule has 40 heavy (non-hydrogen) atoms. The summed E-state index contributed by atoms with van der Waals surface area (Å²) in [6.07, 6.45) is 1.46. The molecular weight excluding hydrogens is 522 g/mol. The molecule has 0 aromatic heterocycles. The van der Waals surface area contributed by atoms with Crippen molar-refractivity contribution in [3.63, 3.8) is 0 Å². The Morgan fingerprint density at radius 2 is 1.75 bits per heavy atom. The van der Waals surface area contributed by atoms with Crippen molar-refractivity contribution in [1.82, 2.24) is 15.5 Å². The van der Waals surface area contributed by atoms with E-state index in [0.29, 0.717) is 6.54 Å². The van der Waals surface area contributed by atoms with Crippen molar-refractivity contribution >= 4 is 29.6 Å². The topological polar surface area (TPSA) is 172 Å². The molecule has 1 heterocycles. The van der Waals surface area contributed by atoms with E-state index < -0.39 is 53.2 Å². The molecule has 1 unspecified atom stereocenters. The Morgan fingerprint density at radius 3 is 2.27 bits per heavy atom. The highest BCUT2D eigenvalue weighted by molar-refractivity contribution is 6.15. The lowest BCUT2D eigenvalue weighted by molar-refractivity contribution is -0.164. The molecule has 2 atom stereocenters. The van der Waals surface area contributed by atoms with Gasteiger partial charge >= 0.3 is 11.9 Å². The number of phenolic OH excluding ortho intramolecular Hbond substituents is 1. The van der Waals surface area contributed by atoms with Crippen molar-refractivity contribution in [1.29, 1.82) is 0 Å². The number of hydrogen-bond donors (Lipinski definition) is 4. The van der Waals surface area contributed by atoms with Gasteiger partial charge in [-0.25, -0.2) is 0 Å². The minimum Gasteiger partial charge on any atom is -0.508 e. The average Bonchev–Trinajstić information content (AvgIpc) is 2.85. The lowest BCUT2D eigenvalue weighted by Crippen LogP contribution is -2.72. The summed E-state index contributed by atoms with van der Waals surface area (Å²) in [5.41, 5.74) is -1.85. The van der Waals surface area contributed by atoms with Crippen LogP contribution in [0.25, 0.3) is 0 Å². The maximum atomic E-state index is 14.1. The third-order valence-corrected chi connectivity index (χ3v) is 5.87. The minimum absolute atomic E-state index is 0.102. The van der Waals surface area contributed by atoms with Crippen molar-refractivity contribution in [3.8, 4) is 5.75 Å². The van der Waals surface area contributed by atoms with Crippen molar-refractivity contribution in [2.24, 2.45) is 0 Å². The number of carboxylic acid groups (broad SMARTS) is 1. The summed E-state index contributed by atoms with van der Waals surface area (Å²) in [7, 11) is 1.19. The van der Waals surface area contributed by atoms with E-state index in [1.807, 2.05) is 6.92 Å². The smallest absolute Gasteiger partial charge is 0.326 e. The first-order valence-corrected chi connectivity index (χ1v) is 13.2. The van der Waals surface area contributed by atoms with Crippen LogP contribution in [0.2, 0.25) is 0 Å². The Morgan fingerprint density at radius 1 is 1.15 bits per heavy atom. The number of methoxy groups -OCH3 is 1. The van der Waals surface area contributed by atoms with Gasteiger partial charge in [-0.05, 0) is 57.9 Å². The third kappa shape index (κ3) is 11.3. The zero-order valence-electron chi connectivity index (χ0n) is 24.2. The highest BCUT2D eigenvalue weighted by atomic mass is 16.6. The zero-order chi connectivity index (χ0) is 30.5. The van der Waals surface area contributed by atoms with Gasteiger partial charge in [0.1, 0.15) is 17.9 Å². The zero-order valence-corrected chi connectivity index (χ0v) is 24.2. The molecular formula is C28H43N3O9. The summed E-state index contributed by atoms with van der Waals surface area (Å²) in [5, 5.41) is 23.3. The van der Waals surface area contributed by atoms with Crippen molar-refractivity contribution in [2.75, 3.05) is 33.3 Å². The van der Waals surface area contributed by atoms with Crippen LogP contribution >= 0.6 is 0 Å². The number of aromatic hydroxyl groups is 1. The number of phenols is 1. The van der Waals surface area contributed by atoms with Gasteiger partial charge in [-0.1, -0.05) is 25.5 Å². The number of aliphatic carboxylic acids is 1. The molecule has 1 aromatic carbocycles. The van der Waals surface area contributed by atoms with Gasteiger partial charge in [0.25, 0.3) is 11.9 Å². The highest BCUT2D eigenvalue weighted by Crippen LogP contribution is 2.24. The lowest BCUT2D eigenvalue weighted by atomic mass is 9.81. The molecule has 0 aliphatic carbocycles. The van der Waals surface area contributed by atoms with E-state index in [1.165, 1.54) is 24.1 Å². The van der Waals surface area contributed by atoms with E-state index in [1.54, 1.807) is 32.9 Å². The molecule has 1 saturated heterocycles. The van der Waals surface area contributed by atoms with E-state index >= 15 is 0 Å². The van der Waals surface area contributed by atoms with Crippen molar-refractivity contribution in [3.05, 3.63) is 29.8 Å². The summed E-state index contributed by atoms with van der Waals surface area (Å²) in [6.45, 7) is 8.88. The Hall–Kier alpha value is -3.51. The van der Waals surface area contributed by atoms with Crippen LogP contribution in [-0.2, 0) is 39.9 Å². The van der Waals surface area contributed by atoms with Gasteiger partial charge in [0.15, 0.2) is 11.3 Å². The molecule has 1 aliphatic heterocycles. The molecule has 1 fully saturated rings. The standard InChI is InChI=1S/C26H39N3O7.C2H4O2/c1-6-7-12-27-20(15-18-8-10-19(30)11-9-18)23(33)26(16-21(31)35-5)24(34)29(14-13-28-26)17-22(32)36-25(2,3)4;1-2(3)4/h8-11,20,27-28,30H,6-7,12-17H2,1-5H3;1H3,(H,3,4)/t20-,26?;/m0./s1. The van der Waals surface area contributed by atoms with Gasteiger partial charge < -0.3 is 29.9 Å². The number of esters is 2. The van der Waals surface area contributed by atoms with Crippen molar-refractivity contribution in [2.45, 2.75) is 77.5 Å². The maximum absolute atomic E-state index is 14.1. The molecule has 224 valence electrons. The lowest BCUT2D eigenvalue weighted by Gasteiger charge is -2.42. The summed E-state index contributed by atoms with van der Waals surface area (Å²) in [4.78, 5) is 62.9. The predicted octanol–water partition coefficient (Wildman–Crippen LogP) is 1.43. The van der Waals surface area contributed by atoms with Crippen LogP contribution in [0.3, 0.4) is 0 Å². The van der Waals surface area contributed by atoms with Crippen LogP contribution < -0.4 is 10.6 Å². The van der Waals surface area contributed by atoms with Crippen molar-refractivity contribution < 1.29 is 43.7 Å². The first-order chi connectivity index (χ1) is 18.6. The van der Waals surface area contributed by atoms with Crippen LogP contribution in [-0.4, -0.2) is 95.2 Å².